The van der Waals surface area contributed by atoms with E-state index in [1.54, 1.807) is 24.5 Å². The lowest BCUT2D eigenvalue weighted by atomic mass is 9.95. The van der Waals surface area contributed by atoms with Crippen LogP contribution in [0.3, 0.4) is 0 Å². The third-order valence-corrected chi connectivity index (χ3v) is 3.91. The molecule has 0 bridgehead atoms. The minimum Gasteiger partial charge on any atom is -0.486 e. The number of amides is 1. The number of ether oxygens (including phenoxy) is 3. The van der Waals surface area contributed by atoms with Gasteiger partial charge in [0.05, 0.1) is 12.2 Å². The van der Waals surface area contributed by atoms with Gasteiger partial charge < -0.3 is 19.5 Å². The Bertz CT molecular complexity index is 719. The normalized spacial score (nSPS) is 14.0. The van der Waals surface area contributed by atoms with Gasteiger partial charge in [-0.3, -0.25) is 9.78 Å². The van der Waals surface area contributed by atoms with Crippen molar-refractivity contribution < 1.29 is 19.0 Å². The van der Waals surface area contributed by atoms with E-state index in [4.69, 9.17) is 14.2 Å². The fourth-order valence-electron chi connectivity index (χ4n) is 2.68. The second kappa shape index (κ2) is 7.88. The lowest BCUT2D eigenvalue weighted by molar-refractivity contribution is -0.124. The summed E-state index contributed by atoms with van der Waals surface area (Å²) in [6.07, 6.45) is 3.23. The average Bonchev–Trinajstić information content (AvgIpc) is 2.64. The molecule has 1 aliphatic rings. The molecular weight excluding hydrogens is 320 g/mol. The summed E-state index contributed by atoms with van der Waals surface area (Å²) in [4.78, 5) is 16.2. The van der Waals surface area contributed by atoms with Gasteiger partial charge in [-0.2, -0.15) is 0 Å². The summed E-state index contributed by atoms with van der Waals surface area (Å²) in [5.41, 5.74) is 0.981. The molecule has 3 rings (SSSR count). The van der Waals surface area contributed by atoms with Crippen molar-refractivity contribution in [3.8, 4) is 17.2 Å². The van der Waals surface area contributed by atoms with Crippen LogP contribution < -0.4 is 19.5 Å². The molecule has 0 saturated heterocycles. The second-order valence-electron chi connectivity index (χ2n) is 6.17. The van der Waals surface area contributed by atoms with E-state index in [2.05, 4.69) is 24.1 Å². The third-order valence-electron chi connectivity index (χ3n) is 3.91. The minimum atomic E-state index is -0.183. The zero-order valence-corrected chi connectivity index (χ0v) is 14.4. The molecule has 1 aromatic carbocycles. The summed E-state index contributed by atoms with van der Waals surface area (Å²) < 4.78 is 16.6. The first-order valence-corrected chi connectivity index (χ1v) is 8.35. The smallest absolute Gasteiger partial charge is 0.258 e. The number of fused-ring (bicyclic) bond motifs is 1. The van der Waals surface area contributed by atoms with Crippen LogP contribution in [0.25, 0.3) is 0 Å². The zero-order valence-electron chi connectivity index (χ0n) is 14.4. The largest absolute Gasteiger partial charge is 0.486 e. The number of hydrogen-bond donors (Lipinski definition) is 1. The van der Waals surface area contributed by atoms with Crippen molar-refractivity contribution >= 4 is 5.91 Å². The van der Waals surface area contributed by atoms with Gasteiger partial charge in [-0.15, -0.1) is 0 Å². The van der Waals surface area contributed by atoms with Gasteiger partial charge in [0, 0.05) is 6.20 Å². The van der Waals surface area contributed by atoms with Gasteiger partial charge in [0.25, 0.3) is 5.91 Å². The Morgan fingerprint density at radius 3 is 2.76 bits per heavy atom. The van der Waals surface area contributed by atoms with Crippen LogP contribution in [0.2, 0.25) is 0 Å². The van der Waals surface area contributed by atoms with Crippen LogP contribution in [-0.2, 0) is 4.79 Å². The Balaban J connectivity index is 1.65. The first-order valence-electron chi connectivity index (χ1n) is 8.35. The SMILES string of the molecule is CC(C)C(NC(=O)COc1cccnc1)c1ccc2c(c1)OCCO2. The molecule has 6 nitrogen and oxygen atoms in total. The van der Waals surface area contributed by atoms with Crippen molar-refractivity contribution in [2.45, 2.75) is 19.9 Å². The van der Waals surface area contributed by atoms with Gasteiger partial charge in [0.1, 0.15) is 19.0 Å². The molecule has 0 saturated carbocycles. The molecule has 0 radical (unpaired) electrons. The molecule has 2 heterocycles. The van der Waals surface area contributed by atoms with Crippen molar-refractivity contribution in [2.24, 2.45) is 5.92 Å². The number of benzene rings is 1. The summed E-state index contributed by atoms with van der Waals surface area (Å²) >= 11 is 0. The predicted octanol–water partition coefficient (Wildman–Crippen LogP) is 2.75. The van der Waals surface area contributed by atoms with Crippen molar-refractivity contribution in [1.29, 1.82) is 0 Å². The summed E-state index contributed by atoms with van der Waals surface area (Å²) in [5, 5.41) is 3.03. The molecule has 6 heteroatoms. The maximum absolute atomic E-state index is 12.3. The molecule has 1 aromatic heterocycles. The number of aromatic nitrogens is 1. The summed E-state index contributed by atoms with van der Waals surface area (Å²) in [7, 11) is 0. The Kier molecular flexibility index (Phi) is 5.38. The molecule has 2 aromatic rings. The molecular formula is C19H22N2O4. The van der Waals surface area contributed by atoms with Crippen molar-refractivity contribution in [3.63, 3.8) is 0 Å². The standard InChI is InChI=1S/C19H22N2O4/c1-13(2)19(14-5-6-16-17(10-14)24-9-8-23-16)21-18(22)12-25-15-4-3-7-20-11-15/h3-7,10-11,13,19H,8-9,12H2,1-2H3,(H,21,22). The maximum Gasteiger partial charge on any atom is 0.258 e. The monoisotopic (exact) mass is 342 g/mol. The molecule has 0 fully saturated rings. The first-order chi connectivity index (χ1) is 12.1. The van der Waals surface area contributed by atoms with Gasteiger partial charge >= 0.3 is 0 Å². The number of carbonyl (C=O) groups is 1. The first kappa shape index (κ1) is 17.1. The lowest BCUT2D eigenvalue weighted by Gasteiger charge is -2.25. The fraction of sp³-hybridized carbons (Fsp3) is 0.368. The number of rotatable bonds is 6. The summed E-state index contributed by atoms with van der Waals surface area (Å²) in [6.45, 7) is 5.16. The van der Waals surface area contributed by atoms with Crippen LogP contribution in [0.15, 0.2) is 42.7 Å². The summed E-state index contributed by atoms with van der Waals surface area (Å²) in [5.74, 6) is 2.06. The third kappa shape index (κ3) is 4.41. The Labute approximate surface area is 147 Å². The fourth-order valence-corrected chi connectivity index (χ4v) is 2.68. The molecule has 1 N–H and O–H groups in total. The molecule has 132 valence electrons. The van der Waals surface area contributed by atoms with E-state index >= 15 is 0 Å². The molecule has 0 aliphatic carbocycles. The minimum absolute atomic E-state index is 0.0561. The summed E-state index contributed by atoms with van der Waals surface area (Å²) in [6, 6.07) is 9.17. The van der Waals surface area contributed by atoms with Crippen LogP contribution >= 0.6 is 0 Å². The van der Waals surface area contributed by atoms with E-state index in [1.165, 1.54) is 0 Å². The van der Waals surface area contributed by atoms with Gasteiger partial charge in [-0.25, -0.2) is 0 Å². The molecule has 1 aliphatic heterocycles. The highest BCUT2D eigenvalue weighted by atomic mass is 16.6. The number of nitrogens with one attached hydrogen (secondary N) is 1. The van der Waals surface area contributed by atoms with Crippen LogP contribution in [0.4, 0.5) is 0 Å². The van der Waals surface area contributed by atoms with Crippen molar-refractivity contribution in [3.05, 3.63) is 48.3 Å². The average molecular weight is 342 g/mol. The Hall–Kier alpha value is -2.76. The Morgan fingerprint density at radius 2 is 2.04 bits per heavy atom. The van der Waals surface area contributed by atoms with Gasteiger partial charge in [0.2, 0.25) is 0 Å². The van der Waals surface area contributed by atoms with Crippen LogP contribution in [0.5, 0.6) is 17.2 Å². The van der Waals surface area contributed by atoms with Crippen molar-refractivity contribution in [2.75, 3.05) is 19.8 Å². The lowest BCUT2D eigenvalue weighted by Crippen LogP contribution is -2.35. The highest BCUT2D eigenvalue weighted by Gasteiger charge is 2.21. The zero-order chi connectivity index (χ0) is 17.6. The van der Waals surface area contributed by atoms with Crippen LogP contribution in [-0.4, -0.2) is 30.7 Å². The molecule has 0 spiro atoms. The number of pyridine rings is 1. The van der Waals surface area contributed by atoms with Crippen LogP contribution in [0, 0.1) is 5.92 Å². The number of nitrogens with zero attached hydrogens (tertiary/aromatic N) is 1. The molecule has 1 amide bonds. The second-order valence-corrected chi connectivity index (χ2v) is 6.17. The highest BCUT2D eigenvalue weighted by molar-refractivity contribution is 5.78. The topological polar surface area (TPSA) is 69.7 Å². The molecule has 25 heavy (non-hydrogen) atoms. The van der Waals surface area contributed by atoms with E-state index in [0.29, 0.717) is 19.0 Å². The van der Waals surface area contributed by atoms with E-state index in [9.17, 15) is 4.79 Å². The quantitative estimate of drug-likeness (QED) is 0.874. The Morgan fingerprint density at radius 1 is 1.24 bits per heavy atom. The molecule has 1 atom stereocenters. The number of hydrogen-bond acceptors (Lipinski definition) is 5. The van der Waals surface area contributed by atoms with E-state index in [1.807, 2.05) is 18.2 Å². The van der Waals surface area contributed by atoms with E-state index < -0.39 is 0 Å². The van der Waals surface area contributed by atoms with E-state index in [-0.39, 0.29) is 24.5 Å². The van der Waals surface area contributed by atoms with Gasteiger partial charge in [0.15, 0.2) is 18.1 Å². The number of carbonyl (C=O) groups excluding carboxylic acids is 1. The van der Waals surface area contributed by atoms with Gasteiger partial charge in [-0.05, 0) is 35.7 Å². The predicted molar refractivity (Wildman–Crippen MR) is 92.9 cm³/mol. The van der Waals surface area contributed by atoms with Crippen LogP contribution in [0.1, 0.15) is 25.5 Å². The highest BCUT2D eigenvalue weighted by Crippen LogP contribution is 2.34. The molecule has 1 unspecified atom stereocenters. The maximum atomic E-state index is 12.3. The van der Waals surface area contributed by atoms with Crippen molar-refractivity contribution in [1.82, 2.24) is 10.3 Å². The van der Waals surface area contributed by atoms with Gasteiger partial charge in [-0.1, -0.05) is 19.9 Å². The van der Waals surface area contributed by atoms with E-state index in [0.717, 1.165) is 17.1 Å².